The van der Waals surface area contributed by atoms with Crippen LogP contribution in [0.4, 0.5) is 0 Å². The zero-order valence-electron chi connectivity index (χ0n) is 14.5. The standard InChI is InChI=1S/C20H20N2O3S/c1-12(2)18(13-7-9-14(10-8-13)19(23)22-25)21-20(24)17-11-15-5-3-4-6-16(15)26-17/h3-12,18,25H,1-2H3,(H,21,24)(H,22,23)/t18-/m1/s1. The molecule has 2 aromatic carbocycles. The molecule has 1 atom stereocenters. The third-order valence-corrected chi connectivity index (χ3v) is 5.35. The number of thiophene rings is 1. The lowest BCUT2D eigenvalue weighted by Gasteiger charge is -2.23. The molecule has 0 aliphatic carbocycles. The van der Waals surface area contributed by atoms with E-state index in [9.17, 15) is 9.59 Å². The smallest absolute Gasteiger partial charge is 0.274 e. The van der Waals surface area contributed by atoms with Gasteiger partial charge in [0.1, 0.15) is 0 Å². The summed E-state index contributed by atoms with van der Waals surface area (Å²) >= 11 is 1.47. The lowest BCUT2D eigenvalue weighted by atomic mass is 9.95. The molecule has 134 valence electrons. The molecule has 2 amide bonds. The molecule has 0 unspecified atom stereocenters. The fraction of sp³-hybridized carbons (Fsp3) is 0.200. The number of nitrogens with one attached hydrogen (secondary N) is 2. The van der Waals surface area contributed by atoms with Crippen molar-refractivity contribution in [1.29, 1.82) is 0 Å². The number of fused-ring (bicyclic) bond motifs is 1. The maximum Gasteiger partial charge on any atom is 0.274 e. The van der Waals surface area contributed by atoms with Gasteiger partial charge in [-0.05, 0) is 41.1 Å². The Morgan fingerprint density at radius 2 is 1.69 bits per heavy atom. The van der Waals surface area contributed by atoms with Gasteiger partial charge in [-0.25, -0.2) is 5.48 Å². The number of hydroxylamine groups is 1. The Bertz CT molecular complexity index is 899. The van der Waals surface area contributed by atoms with Gasteiger partial charge in [0.25, 0.3) is 11.8 Å². The van der Waals surface area contributed by atoms with Crippen molar-refractivity contribution in [3.05, 3.63) is 70.6 Å². The Labute approximate surface area is 155 Å². The van der Waals surface area contributed by atoms with E-state index in [-0.39, 0.29) is 17.9 Å². The molecule has 1 heterocycles. The second-order valence-corrected chi connectivity index (χ2v) is 7.49. The molecular formula is C20H20N2O3S. The van der Waals surface area contributed by atoms with Crippen LogP contribution in [0.1, 0.15) is 45.5 Å². The van der Waals surface area contributed by atoms with Gasteiger partial charge < -0.3 is 5.32 Å². The molecule has 0 saturated carbocycles. The molecule has 0 fully saturated rings. The minimum atomic E-state index is -0.563. The van der Waals surface area contributed by atoms with Gasteiger partial charge in [0.05, 0.1) is 10.9 Å². The first-order valence-corrected chi connectivity index (χ1v) is 9.15. The van der Waals surface area contributed by atoms with E-state index in [1.165, 1.54) is 11.3 Å². The molecule has 0 aliphatic rings. The summed E-state index contributed by atoms with van der Waals surface area (Å²) in [6, 6.07) is 16.5. The Morgan fingerprint density at radius 1 is 1.00 bits per heavy atom. The van der Waals surface area contributed by atoms with E-state index >= 15 is 0 Å². The van der Waals surface area contributed by atoms with Crippen molar-refractivity contribution >= 4 is 33.2 Å². The summed E-state index contributed by atoms with van der Waals surface area (Å²) in [7, 11) is 0. The van der Waals surface area contributed by atoms with Crippen LogP contribution in [0.2, 0.25) is 0 Å². The van der Waals surface area contributed by atoms with Gasteiger partial charge in [-0.2, -0.15) is 0 Å². The topological polar surface area (TPSA) is 78.4 Å². The van der Waals surface area contributed by atoms with E-state index in [1.807, 2.05) is 44.2 Å². The predicted molar refractivity (Wildman–Crippen MR) is 103 cm³/mol. The van der Waals surface area contributed by atoms with Crippen molar-refractivity contribution < 1.29 is 14.8 Å². The van der Waals surface area contributed by atoms with Gasteiger partial charge >= 0.3 is 0 Å². The van der Waals surface area contributed by atoms with E-state index in [0.717, 1.165) is 15.6 Å². The molecule has 26 heavy (non-hydrogen) atoms. The van der Waals surface area contributed by atoms with Gasteiger partial charge in [-0.1, -0.05) is 44.2 Å². The number of hydrogen-bond acceptors (Lipinski definition) is 4. The minimum absolute atomic E-state index is 0.109. The second kappa shape index (κ2) is 7.68. The number of amides is 2. The third-order valence-electron chi connectivity index (χ3n) is 4.24. The zero-order valence-corrected chi connectivity index (χ0v) is 15.3. The molecule has 6 heteroatoms. The van der Waals surface area contributed by atoms with E-state index in [0.29, 0.717) is 10.4 Å². The first kappa shape index (κ1) is 18.1. The Kier molecular flexibility index (Phi) is 5.35. The predicted octanol–water partition coefficient (Wildman–Crippen LogP) is 4.15. The molecule has 3 rings (SSSR count). The number of benzene rings is 2. The first-order valence-electron chi connectivity index (χ1n) is 8.33. The molecular weight excluding hydrogens is 348 g/mol. The minimum Gasteiger partial charge on any atom is -0.344 e. The van der Waals surface area contributed by atoms with Crippen LogP contribution in [0.3, 0.4) is 0 Å². The van der Waals surface area contributed by atoms with Gasteiger partial charge in [-0.15, -0.1) is 11.3 Å². The van der Waals surface area contributed by atoms with E-state index < -0.39 is 5.91 Å². The highest BCUT2D eigenvalue weighted by atomic mass is 32.1. The van der Waals surface area contributed by atoms with Gasteiger partial charge in [-0.3, -0.25) is 14.8 Å². The molecule has 0 radical (unpaired) electrons. The van der Waals surface area contributed by atoms with E-state index in [1.54, 1.807) is 29.7 Å². The van der Waals surface area contributed by atoms with Crippen molar-refractivity contribution in [2.45, 2.75) is 19.9 Å². The van der Waals surface area contributed by atoms with E-state index in [2.05, 4.69) is 5.32 Å². The molecule has 0 saturated heterocycles. The van der Waals surface area contributed by atoms with Crippen molar-refractivity contribution in [1.82, 2.24) is 10.8 Å². The first-order chi connectivity index (χ1) is 12.5. The number of carbonyl (C=O) groups is 2. The average molecular weight is 368 g/mol. The van der Waals surface area contributed by atoms with Crippen LogP contribution in [0, 0.1) is 5.92 Å². The van der Waals surface area contributed by atoms with Crippen LogP contribution in [0.15, 0.2) is 54.6 Å². The Morgan fingerprint density at radius 3 is 2.31 bits per heavy atom. The molecule has 1 aromatic heterocycles. The summed E-state index contributed by atoms with van der Waals surface area (Å²) in [5.74, 6) is -0.500. The van der Waals surface area contributed by atoms with E-state index in [4.69, 9.17) is 5.21 Å². The Balaban J connectivity index is 1.81. The van der Waals surface area contributed by atoms with Crippen LogP contribution in [-0.2, 0) is 0 Å². The normalized spacial score (nSPS) is 12.2. The van der Waals surface area contributed by atoms with Gasteiger partial charge in [0.2, 0.25) is 0 Å². The average Bonchev–Trinajstić information content (AvgIpc) is 3.09. The maximum atomic E-state index is 12.7. The number of hydrogen-bond donors (Lipinski definition) is 3. The maximum absolute atomic E-state index is 12.7. The van der Waals surface area contributed by atoms with Gasteiger partial charge in [0.15, 0.2) is 0 Å². The second-order valence-electron chi connectivity index (χ2n) is 6.41. The van der Waals surface area contributed by atoms with Crippen LogP contribution in [-0.4, -0.2) is 17.0 Å². The number of carbonyl (C=O) groups excluding carboxylic acids is 2. The van der Waals surface area contributed by atoms with Crippen LogP contribution < -0.4 is 10.8 Å². The highest BCUT2D eigenvalue weighted by Gasteiger charge is 2.20. The Hall–Kier alpha value is -2.70. The molecule has 5 nitrogen and oxygen atoms in total. The van der Waals surface area contributed by atoms with Crippen LogP contribution in [0.25, 0.3) is 10.1 Å². The highest BCUT2D eigenvalue weighted by molar-refractivity contribution is 7.20. The summed E-state index contributed by atoms with van der Waals surface area (Å²) in [5, 5.41) is 12.9. The fourth-order valence-electron chi connectivity index (χ4n) is 2.85. The molecule has 0 spiro atoms. The van der Waals surface area contributed by atoms with Crippen molar-refractivity contribution in [2.24, 2.45) is 5.92 Å². The molecule has 3 N–H and O–H groups in total. The highest BCUT2D eigenvalue weighted by Crippen LogP contribution is 2.27. The summed E-state index contributed by atoms with van der Waals surface area (Å²) in [6.45, 7) is 4.06. The largest absolute Gasteiger partial charge is 0.344 e. The summed E-state index contributed by atoms with van der Waals surface area (Å²) in [6.07, 6.45) is 0. The SMILES string of the molecule is CC(C)[C@@H](NC(=O)c1cc2ccccc2s1)c1ccc(C(=O)NO)cc1. The summed E-state index contributed by atoms with van der Waals surface area (Å²) < 4.78 is 1.08. The van der Waals surface area contributed by atoms with Crippen LogP contribution >= 0.6 is 11.3 Å². The van der Waals surface area contributed by atoms with Crippen molar-refractivity contribution in [3.8, 4) is 0 Å². The molecule has 0 bridgehead atoms. The lowest BCUT2D eigenvalue weighted by Crippen LogP contribution is -2.31. The van der Waals surface area contributed by atoms with Gasteiger partial charge in [0, 0.05) is 10.3 Å². The third kappa shape index (κ3) is 3.76. The quantitative estimate of drug-likeness (QED) is 0.468. The summed E-state index contributed by atoms with van der Waals surface area (Å²) in [5.41, 5.74) is 2.87. The monoisotopic (exact) mass is 368 g/mol. The lowest BCUT2D eigenvalue weighted by molar-refractivity contribution is 0.0706. The zero-order chi connectivity index (χ0) is 18.7. The molecule has 0 aliphatic heterocycles. The summed E-state index contributed by atoms with van der Waals surface area (Å²) in [4.78, 5) is 24.8. The van der Waals surface area contributed by atoms with Crippen molar-refractivity contribution in [2.75, 3.05) is 0 Å². The van der Waals surface area contributed by atoms with Crippen LogP contribution in [0.5, 0.6) is 0 Å². The molecule has 3 aromatic rings. The fourth-order valence-corrected chi connectivity index (χ4v) is 3.81. The number of rotatable bonds is 5. The van der Waals surface area contributed by atoms with Crippen molar-refractivity contribution in [3.63, 3.8) is 0 Å².